The molecule has 1 atom stereocenters. The number of ether oxygens (including phenoxy) is 2. The van der Waals surface area contributed by atoms with Crippen LogP contribution in [0.25, 0.3) is 10.8 Å². The Kier molecular flexibility index (Phi) is 6.23. The van der Waals surface area contributed by atoms with Gasteiger partial charge in [0.05, 0.1) is 18.8 Å². The molecule has 1 amide bonds. The standard InChI is InChI=1S/C21H20F2N2O4/c1-2-28-20-15-5-3-4-14(13(15)6-8-25-20)19(26)18-16(22)10-12(11-17(18)23)7-9-29-21(24)27/h3-6,8,10-11,19,26H,2,7,9H2,1H3,(H2,24,27). The number of benzene rings is 2. The number of aliphatic hydroxyl groups excluding tert-OH is 1. The van der Waals surface area contributed by atoms with Crippen molar-refractivity contribution in [3.05, 3.63) is 70.9 Å². The highest BCUT2D eigenvalue weighted by Gasteiger charge is 2.23. The zero-order chi connectivity index (χ0) is 21.0. The second-order valence-electron chi connectivity index (χ2n) is 6.28. The predicted octanol–water partition coefficient (Wildman–Crippen LogP) is 3.63. The van der Waals surface area contributed by atoms with Crippen LogP contribution in [0.3, 0.4) is 0 Å². The number of primary amides is 1. The molecule has 1 unspecified atom stereocenters. The number of pyridine rings is 1. The number of aliphatic hydroxyl groups is 1. The summed E-state index contributed by atoms with van der Waals surface area (Å²) in [4.78, 5) is 14.8. The lowest BCUT2D eigenvalue weighted by Crippen LogP contribution is -2.15. The van der Waals surface area contributed by atoms with Crippen molar-refractivity contribution >= 4 is 16.9 Å². The highest BCUT2D eigenvalue weighted by atomic mass is 19.1. The Morgan fingerprint density at radius 2 is 1.93 bits per heavy atom. The third-order valence-electron chi connectivity index (χ3n) is 4.43. The Bertz CT molecular complexity index is 1020. The average Bonchev–Trinajstić information content (AvgIpc) is 2.67. The largest absolute Gasteiger partial charge is 0.478 e. The second-order valence-corrected chi connectivity index (χ2v) is 6.28. The van der Waals surface area contributed by atoms with E-state index >= 15 is 0 Å². The van der Waals surface area contributed by atoms with Gasteiger partial charge in [0.25, 0.3) is 0 Å². The van der Waals surface area contributed by atoms with Crippen LogP contribution in [0.1, 0.15) is 29.7 Å². The molecule has 2 aromatic carbocycles. The number of nitrogens with zero attached hydrogens (tertiary/aromatic N) is 1. The number of carbonyl (C=O) groups is 1. The third kappa shape index (κ3) is 4.43. The molecule has 0 bridgehead atoms. The van der Waals surface area contributed by atoms with Crippen LogP contribution in [0.5, 0.6) is 5.88 Å². The van der Waals surface area contributed by atoms with Crippen LogP contribution >= 0.6 is 0 Å². The summed E-state index contributed by atoms with van der Waals surface area (Å²) in [6.07, 6.45) is -0.899. The first-order valence-electron chi connectivity index (χ1n) is 9.01. The minimum Gasteiger partial charge on any atom is -0.478 e. The third-order valence-corrected chi connectivity index (χ3v) is 4.43. The van der Waals surface area contributed by atoms with Gasteiger partial charge in [-0.25, -0.2) is 18.6 Å². The van der Waals surface area contributed by atoms with Crippen LogP contribution < -0.4 is 10.5 Å². The maximum atomic E-state index is 14.7. The van der Waals surface area contributed by atoms with Gasteiger partial charge in [-0.3, -0.25) is 0 Å². The van der Waals surface area contributed by atoms with Gasteiger partial charge >= 0.3 is 6.09 Å². The van der Waals surface area contributed by atoms with Crippen molar-refractivity contribution in [2.24, 2.45) is 5.73 Å². The van der Waals surface area contributed by atoms with E-state index in [-0.39, 0.29) is 18.6 Å². The summed E-state index contributed by atoms with van der Waals surface area (Å²) >= 11 is 0. The maximum absolute atomic E-state index is 14.7. The fraction of sp³-hybridized carbons (Fsp3) is 0.238. The molecule has 3 rings (SSSR count). The van der Waals surface area contributed by atoms with Gasteiger partial charge < -0.3 is 20.3 Å². The zero-order valence-electron chi connectivity index (χ0n) is 15.7. The number of fused-ring (bicyclic) bond motifs is 1. The lowest BCUT2D eigenvalue weighted by atomic mass is 9.94. The summed E-state index contributed by atoms with van der Waals surface area (Å²) in [5.41, 5.74) is 5.00. The summed E-state index contributed by atoms with van der Waals surface area (Å²) in [7, 11) is 0. The first-order chi connectivity index (χ1) is 13.9. The molecule has 3 N–H and O–H groups in total. The predicted molar refractivity (Wildman–Crippen MR) is 103 cm³/mol. The molecule has 0 radical (unpaired) electrons. The van der Waals surface area contributed by atoms with Gasteiger partial charge in [0.1, 0.15) is 17.7 Å². The summed E-state index contributed by atoms with van der Waals surface area (Å²) in [5.74, 6) is -1.42. The monoisotopic (exact) mass is 402 g/mol. The minimum atomic E-state index is -1.54. The van der Waals surface area contributed by atoms with Crippen molar-refractivity contribution in [2.45, 2.75) is 19.4 Å². The molecule has 152 valence electrons. The van der Waals surface area contributed by atoms with Gasteiger partial charge in [-0.15, -0.1) is 0 Å². The number of aromatic nitrogens is 1. The van der Waals surface area contributed by atoms with Crippen molar-refractivity contribution < 1.29 is 28.2 Å². The van der Waals surface area contributed by atoms with Crippen molar-refractivity contribution in [3.63, 3.8) is 0 Å². The second kappa shape index (κ2) is 8.83. The molecular weight excluding hydrogens is 382 g/mol. The summed E-state index contributed by atoms with van der Waals surface area (Å²) in [6.45, 7) is 2.12. The highest BCUT2D eigenvalue weighted by molar-refractivity contribution is 5.90. The molecule has 0 fully saturated rings. The van der Waals surface area contributed by atoms with Crippen molar-refractivity contribution in [1.82, 2.24) is 4.98 Å². The van der Waals surface area contributed by atoms with Crippen LogP contribution in [0.2, 0.25) is 0 Å². The molecule has 1 aromatic heterocycles. The van der Waals surface area contributed by atoms with E-state index in [2.05, 4.69) is 9.72 Å². The van der Waals surface area contributed by atoms with E-state index in [1.54, 1.807) is 24.3 Å². The molecule has 6 nitrogen and oxygen atoms in total. The van der Waals surface area contributed by atoms with E-state index in [4.69, 9.17) is 10.5 Å². The molecule has 0 aliphatic heterocycles. The van der Waals surface area contributed by atoms with Gasteiger partial charge in [0, 0.05) is 18.0 Å². The first-order valence-corrected chi connectivity index (χ1v) is 9.01. The van der Waals surface area contributed by atoms with E-state index in [1.807, 2.05) is 6.92 Å². The van der Waals surface area contributed by atoms with Gasteiger partial charge in [-0.2, -0.15) is 0 Å². The van der Waals surface area contributed by atoms with Crippen molar-refractivity contribution in [1.29, 1.82) is 0 Å². The number of nitrogens with two attached hydrogens (primary N) is 1. The molecule has 8 heteroatoms. The molecule has 0 aliphatic rings. The zero-order valence-corrected chi connectivity index (χ0v) is 15.7. The minimum absolute atomic E-state index is 0.0881. The summed E-state index contributed by atoms with van der Waals surface area (Å²) < 4.78 is 39.4. The molecule has 29 heavy (non-hydrogen) atoms. The number of hydrogen-bond acceptors (Lipinski definition) is 5. The number of rotatable bonds is 7. The normalized spacial score (nSPS) is 12.0. The lowest BCUT2D eigenvalue weighted by molar-refractivity contribution is 0.158. The Morgan fingerprint density at radius 1 is 1.21 bits per heavy atom. The van der Waals surface area contributed by atoms with Crippen LogP contribution in [-0.2, 0) is 11.2 Å². The van der Waals surface area contributed by atoms with E-state index < -0.39 is 29.4 Å². The molecule has 0 saturated carbocycles. The lowest BCUT2D eigenvalue weighted by Gasteiger charge is -2.17. The van der Waals surface area contributed by atoms with Gasteiger partial charge in [0.2, 0.25) is 5.88 Å². The number of amides is 1. The van der Waals surface area contributed by atoms with Crippen LogP contribution in [-0.4, -0.2) is 29.4 Å². The Morgan fingerprint density at radius 3 is 2.59 bits per heavy atom. The SMILES string of the molecule is CCOc1nccc2c(C(O)c3c(F)cc(CCOC(N)=O)cc3F)cccc12. The topological polar surface area (TPSA) is 94.7 Å². The molecule has 1 heterocycles. The van der Waals surface area contributed by atoms with Gasteiger partial charge in [-0.05, 0) is 47.7 Å². The molecule has 0 aliphatic carbocycles. The van der Waals surface area contributed by atoms with E-state index in [0.717, 1.165) is 12.1 Å². The van der Waals surface area contributed by atoms with Crippen molar-refractivity contribution in [3.8, 4) is 5.88 Å². The molecular formula is C21H20F2N2O4. The number of halogens is 2. The van der Waals surface area contributed by atoms with Crippen LogP contribution in [0.15, 0.2) is 42.6 Å². The quantitative estimate of drug-likeness (QED) is 0.629. The smallest absolute Gasteiger partial charge is 0.404 e. The average molecular weight is 402 g/mol. The number of hydrogen-bond donors (Lipinski definition) is 2. The number of carbonyl (C=O) groups excluding carboxylic acids is 1. The fourth-order valence-corrected chi connectivity index (χ4v) is 3.16. The van der Waals surface area contributed by atoms with Crippen LogP contribution in [0, 0.1) is 11.6 Å². The fourth-order valence-electron chi connectivity index (χ4n) is 3.16. The van der Waals surface area contributed by atoms with Crippen LogP contribution in [0.4, 0.5) is 13.6 Å². The first kappa shape index (κ1) is 20.5. The summed E-state index contributed by atoms with van der Waals surface area (Å²) in [6, 6.07) is 8.88. The summed E-state index contributed by atoms with van der Waals surface area (Å²) in [5, 5.41) is 12.0. The highest BCUT2D eigenvalue weighted by Crippen LogP contribution is 2.34. The van der Waals surface area contributed by atoms with E-state index in [9.17, 15) is 18.7 Å². The Labute approximate surface area is 165 Å². The molecule has 0 saturated heterocycles. The molecule has 0 spiro atoms. The Hall–Kier alpha value is -3.26. The van der Waals surface area contributed by atoms with Gasteiger partial charge in [-0.1, -0.05) is 12.1 Å². The van der Waals surface area contributed by atoms with Gasteiger partial charge in [0.15, 0.2) is 0 Å². The van der Waals surface area contributed by atoms with E-state index in [0.29, 0.717) is 28.8 Å². The molecule has 3 aromatic rings. The Balaban J connectivity index is 1.97. The van der Waals surface area contributed by atoms with Crippen molar-refractivity contribution in [2.75, 3.05) is 13.2 Å². The van der Waals surface area contributed by atoms with E-state index in [1.165, 1.54) is 6.20 Å². The maximum Gasteiger partial charge on any atom is 0.404 e.